The lowest BCUT2D eigenvalue weighted by atomic mass is 10.1. The molecule has 0 spiro atoms. The number of rotatable bonds is 51. The van der Waals surface area contributed by atoms with Crippen molar-refractivity contribution in [2.24, 2.45) is 0 Å². The fraction of sp³-hybridized carbons (Fsp3) is 0.869. The Morgan fingerprint density at radius 2 is 0.485 bits per heavy atom. The number of unbranched alkanes of at least 4 members (excludes halogenated alkanes) is 39. The highest BCUT2D eigenvalue weighted by atomic mass is 16.8. The van der Waals surface area contributed by atoms with Crippen molar-refractivity contribution >= 4 is 24.1 Å². The Balaban J connectivity index is 0. The molecule has 0 bridgehead atoms. The average Bonchev–Trinajstić information content (AvgIpc) is 3.32. The monoisotopic (exact) mass is 959 g/mol. The van der Waals surface area contributed by atoms with E-state index in [-0.39, 0.29) is 18.8 Å². The molecular weight excluding hydrogens is 845 g/mol. The van der Waals surface area contributed by atoms with Gasteiger partial charge in [0.1, 0.15) is 0 Å². The molecular formula is C61H114O7. The number of hydrogen-bond donors (Lipinski definition) is 0. The number of carbonyl (C=O) groups excluding carboxylic acids is 4. The Hall–Kier alpha value is -2.44. The van der Waals surface area contributed by atoms with Crippen molar-refractivity contribution in [3.63, 3.8) is 0 Å². The number of ether oxygens (including phenoxy) is 3. The van der Waals surface area contributed by atoms with E-state index in [9.17, 15) is 19.2 Å². The number of allylic oxidation sites excluding steroid dienone is 4. The minimum Gasteiger partial charge on any atom is -0.466 e. The SMILES string of the molecule is CCCCCCCC(=O)OC(=O)OC(=O)CCCCCCC.CCCCCCCC/C=C\CCCCCCCCCCCCOC(=O)CCCCCCCCCCC/C=C\CCCCCCCC. The molecule has 7 heteroatoms. The molecule has 0 fully saturated rings. The first-order valence-electron chi connectivity index (χ1n) is 29.8. The maximum Gasteiger partial charge on any atom is 0.524 e. The van der Waals surface area contributed by atoms with Gasteiger partial charge in [-0.1, -0.05) is 264 Å². The lowest BCUT2D eigenvalue weighted by molar-refractivity contribution is -0.147. The van der Waals surface area contributed by atoms with Crippen LogP contribution in [0.4, 0.5) is 4.79 Å². The third-order valence-electron chi connectivity index (χ3n) is 12.9. The van der Waals surface area contributed by atoms with Crippen LogP contribution in [0.25, 0.3) is 0 Å². The van der Waals surface area contributed by atoms with Crippen molar-refractivity contribution in [3.8, 4) is 0 Å². The summed E-state index contributed by atoms with van der Waals surface area (Å²) >= 11 is 0. The Bertz CT molecular complexity index is 1080. The van der Waals surface area contributed by atoms with Crippen LogP contribution >= 0.6 is 0 Å². The van der Waals surface area contributed by atoms with Gasteiger partial charge in [-0.2, -0.15) is 0 Å². The van der Waals surface area contributed by atoms with Crippen molar-refractivity contribution in [1.29, 1.82) is 0 Å². The predicted molar refractivity (Wildman–Crippen MR) is 291 cm³/mol. The zero-order valence-corrected chi connectivity index (χ0v) is 45.8. The largest absolute Gasteiger partial charge is 0.524 e. The summed E-state index contributed by atoms with van der Waals surface area (Å²) in [6.45, 7) is 9.43. The minimum absolute atomic E-state index is 0.0225. The Morgan fingerprint density at radius 3 is 0.765 bits per heavy atom. The molecule has 0 aromatic carbocycles. The zero-order chi connectivity index (χ0) is 49.9. The molecule has 0 aliphatic heterocycles. The normalized spacial score (nSPS) is 11.3. The van der Waals surface area contributed by atoms with Crippen LogP contribution in [-0.4, -0.2) is 30.7 Å². The molecule has 0 radical (unpaired) electrons. The van der Waals surface area contributed by atoms with E-state index in [1.165, 1.54) is 212 Å². The molecule has 0 unspecified atom stereocenters. The Kier molecular flexibility index (Phi) is 60.4. The van der Waals surface area contributed by atoms with Gasteiger partial charge in [-0.05, 0) is 77.0 Å². The fourth-order valence-electron chi connectivity index (χ4n) is 8.42. The van der Waals surface area contributed by atoms with E-state index in [4.69, 9.17) is 4.74 Å². The van der Waals surface area contributed by atoms with Gasteiger partial charge < -0.3 is 14.2 Å². The van der Waals surface area contributed by atoms with Crippen molar-refractivity contribution in [2.75, 3.05) is 6.61 Å². The molecule has 7 nitrogen and oxygen atoms in total. The number of esters is 3. The smallest absolute Gasteiger partial charge is 0.466 e. The van der Waals surface area contributed by atoms with Gasteiger partial charge in [-0.15, -0.1) is 0 Å². The molecule has 0 saturated heterocycles. The summed E-state index contributed by atoms with van der Waals surface area (Å²) in [5.41, 5.74) is 0. The molecule has 0 saturated carbocycles. The highest BCUT2D eigenvalue weighted by molar-refractivity contribution is 5.88. The van der Waals surface area contributed by atoms with Gasteiger partial charge in [0.25, 0.3) is 0 Å². The van der Waals surface area contributed by atoms with Crippen LogP contribution in [0.1, 0.15) is 336 Å². The summed E-state index contributed by atoms with van der Waals surface area (Å²) < 4.78 is 14.4. The highest BCUT2D eigenvalue weighted by Gasteiger charge is 2.16. The summed E-state index contributed by atoms with van der Waals surface area (Å²) in [5, 5.41) is 0. The third kappa shape index (κ3) is 61.6. The lowest BCUT2D eigenvalue weighted by Crippen LogP contribution is -2.17. The van der Waals surface area contributed by atoms with Gasteiger partial charge in [0.15, 0.2) is 0 Å². The van der Waals surface area contributed by atoms with Gasteiger partial charge >= 0.3 is 24.1 Å². The molecule has 0 atom stereocenters. The molecule has 0 aliphatic carbocycles. The van der Waals surface area contributed by atoms with Crippen molar-refractivity contribution < 1.29 is 33.4 Å². The second kappa shape index (κ2) is 60.7. The van der Waals surface area contributed by atoms with Crippen LogP contribution in [0, 0.1) is 0 Å². The van der Waals surface area contributed by atoms with Crippen LogP contribution in [-0.2, 0) is 28.6 Å². The van der Waals surface area contributed by atoms with Crippen molar-refractivity contribution in [3.05, 3.63) is 24.3 Å². The molecule has 68 heavy (non-hydrogen) atoms. The summed E-state index contributed by atoms with van der Waals surface area (Å²) in [6.07, 6.45) is 66.1. The van der Waals surface area contributed by atoms with Crippen LogP contribution in [0.5, 0.6) is 0 Å². The second-order valence-corrected chi connectivity index (χ2v) is 19.8. The zero-order valence-electron chi connectivity index (χ0n) is 45.8. The van der Waals surface area contributed by atoms with Crippen LogP contribution in [0.15, 0.2) is 24.3 Å². The highest BCUT2D eigenvalue weighted by Crippen LogP contribution is 2.15. The Morgan fingerprint density at radius 1 is 0.265 bits per heavy atom. The van der Waals surface area contributed by atoms with Gasteiger partial charge in [-0.3, -0.25) is 14.4 Å². The minimum atomic E-state index is -1.20. The quantitative estimate of drug-likeness (QED) is 0.0259. The second-order valence-electron chi connectivity index (χ2n) is 19.8. The first-order valence-corrected chi connectivity index (χ1v) is 29.8. The van der Waals surface area contributed by atoms with E-state index in [1.54, 1.807) is 0 Å². The van der Waals surface area contributed by atoms with Crippen LogP contribution in [0.3, 0.4) is 0 Å². The maximum absolute atomic E-state index is 12.0. The molecule has 0 heterocycles. The van der Waals surface area contributed by atoms with E-state index >= 15 is 0 Å². The summed E-state index contributed by atoms with van der Waals surface area (Å²) in [6, 6.07) is 0. The van der Waals surface area contributed by atoms with Gasteiger partial charge in [0.2, 0.25) is 0 Å². The first-order chi connectivity index (χ1) is 33.4. The van der Waals surface area contributed by atoms with Crippen molar-refractivity contribution in [1.82, 2.24) is 0 Å². The molecule has 0 rings (SSSR count). The molecule has 0 N–H and O–H groups in total. The molecule has 0 aromatic heterocycles. The lowest BCUT2D eigenvalue weighted by Gasteiger charge is -2.06. The third-order valence-corrected chi connectivity index (χ3v) is 12.9. The van der Waals surface area contributed by atoms with E-state index in [0.717, 1.165) is 64.2 Å². The van der Waals surface area contributed by atoms with E-state index in [1.807, 2.05) is 0 Å². The van der Waals surface area contributed by atoms with Crippen molar-refractivity contribution in [2.45, 2.75) is 336 Å². The number of hydrogen-bond acceptors (Lipinski definition) is 7. The Labute approximate surface area is 422 Å². The van der Waals surface area contributed by atoms with E-state index < -0.39 is 18.1 Å². The summed E-state index contributed by atoms with van der Waals surface area (Å²) in [5.74, 6) is -1.23. The average molecular weight is 960 g/mol. The first kappa shape index (κ1) is 67.6. The van der Waals surface area contributed by atoms with E-state index in [2.05, 4.69) is 61.5 Å². The molecule has 0 aliphatic rings. The fourth-order valence-corrected chi connectivity index (χ4v) is 8.42. The van der Waals surface area contributed by atoms with Gasteiger partial charge in [0, 0.05) is 19.3 Å². The number of carbonyl (C=O) groups is 4. The summed E-state index contributed by atoms with van der Waals surface area (Å²) in [4.78, 5) is 46.0. The summed E-state index contributed by atoms with van der Waals surface area (Å²) in [7, 11) is 0. The standard InChI is InChI=1S/C44H84O2.C17H30O5/c1-3-5-7-9-11-13-15-17-19-21-23-25-27-29-31-33-35-37-39-41-43-46-44(45)42-40-38-36-34-32-30-28-26-24-22-20-18-16-14-12-10-8-6-4-2;1-3-5-7-9-11-13-15(18)21-17(20)22-16(19)14-12-10-8-6-4-2/h17-20H,3-16,21-43H2,1-2H3;3-14H2,1-2H3/b19-17-,20-18-;. The maximum atomic E-state index is 12.0. The molecule has 400 valence electrons. The molecule has 0 aromatic rings. The predicted octanol–water partition coefficient (Wildman–Crippen LogP) is 20.6. The van der Waals surface area contributed by atoms with E-state index in [0.29, 0.717) is 25.9 Å². The van der Waals surface area contributed by atoms with Gasteiger partial charge in [-0.25, -0.2) is 4.79 Å². The van der Waals surface area contributed by atoms with Crippen LogP contribution < -0.4 is 0 Å². The molecule has 0 amide bonds. The topological polar surface area (TPSA) is 96.0 Å². The van der Waals surface area contributed by atoms with Gasteiger partial charge in [0.05, 0.1) is 6.61 Å². The van der Waals surface area contributed by atoms with Crippen LogP contribution in [0.2, 0.25) is 0 Å².